The van der Waals surface area contributed by atoms with E-state index in [9.17, 15) is 4.89 Å². The van der Waals surface area contributed by atoms with Crippen LogP contribution in [0.5, 0.6) is 0 Å². The van der Waals surface area contributed by atoms with Crippen molar-refractivity contribution in [2.24, 2.45) is 34.5 Å². The molecule has 0 spiro atoms. The Kier molecular flexibility index (Phi) is 8.79. The Morgan fingerprint density at radius 1 is 1.19 bits per heavy atom. The van der Waals surface area contributed by atoms with Gasteiger partial charge in [0.05, 0.1) is 6.61 Å². The van der Waals surface area contributed by atoms with Crippen molar-refractivity contribution in [2.45, 2.75) is 86.0 Å². The molecule has 0 aromatic heterocycles. The molecule has 7 unspecified atom stereocenters. The van der Waals surface area contributed by atoms with Gasteiger partial charge in [0, 0.05) is 0 Å². The van der Waals surface area contributed by atoms with Crippen molar-refractivity contribution >= 4 is 17.6 Å². The average molecular weight is 406 g/mol. The Bertz CT molecular complexity index is 434. The fourth-order valence-electron chi connectivity index (χ4n) is 6.23. The normalized spacial score (nSPS) is 36.8. The van der Waals surface area contributed by atoms with Gasteiger partial charge in [0.15, 0.2) is 9.03 Å². The van der Waals surface area contributed by atoms with Gasteiger partial charge in [-0.15, -0.1) is 0 Å². The van der Waals surface area contributed by atoms with Crippen LogP contribution in [0.15, 0.2) is 0 Å². The Hall–Kier alpha value is 0.700. The first-order valence-electron chi connectivity index (χ1n) is 10.4. The molecule has 0 amide bonds. The Morgan fingerprint density at radius 3 is 2.62 bits per heavy atom. The molecule has 26 heavy (non-hydrogen) atoms. The third-order valence-electron chi connectivity index (χ3n) is 7.62. The van der Waals surface area contributed by atoms with E-state index in [4.69, 9.17) is 9.42 Å². The van der Waals surface area contributed by atoms with E-state index in [2.05, 4.69) is 38.9 Å². The fourth-order valence-corrected chi connectivity index (χ4v) is 6.98. The summed E-state index contributed by atoms with van der Waals surface area (Å²) in [5.41, 5.74) is 1.00. The quantitative estimate of drug-likeness (QED) is 0.434. The molecule has 2 N–H and O–H groups in total. The summed E-state index contributed by atoms with van der Waals surface area (Å²) in [4.78, 5) is 18.0. The highest BCUT2D eigenvalue weighted by atomic mass is 31.2. The molecule has 2 saturated carbocycles. The molecule has 0 saturated heterocycles. The summed E-state index contributed by atoms with van der Waals surface area (Å²) in [5.74, 6) is 3.12. The molecule has 7 atom stereocenters. The van der Waals surface area contributed by atoms with Gasteiger partial charge in [-0.3, -0.25) is 4.31 Å². The molecule has 0 aliphatic heterocycles. The zero-order valence-electron chi connectivity index (χ0n) is 17.3. The van der Waals surface area contributed by atoms with Crippen LogP contribution < -0.4 is 0 Å². The summed E-state index contributed by atoms with van der Waals surface area (Å²) in [6.07, 6.45) is 10.5. The monoisotopic (exact) mass is 406 g/mol. The lowest BCUT2D eigenvalue weighted by molar-refractivity contribution is -0.0972. The van der Waals surface area contributed by atoms with Crippen molar-refractivity contribution < 1.29 is 18.6 Å². The molecule has 2 rings (SSSR count). The maximum Gasteiger partial charge on any atom is 0.335 e. The largest absolute Gasteiger partial charge is 0.352 e. The second-order valence-corrected chi connectivity index (χ2v) is 11.4. The van der Waals surface area contributed by atoms with Crippen molar-refractivity contribution in [3.05, 3.63) is 0 Å². The van der Waals surface area contributed by atoms with Crippen molar-refractivity contribution in [3.8, 4) is 0 Å². The lowest BCUT2D eigenvalue weighted by Crippen LogP contribution is -2.51. The predicted molar refractivity (Wildman–Crippen MR) is 111 cm³/mol. The molecule has 4 nitrogen and oxygen atoms in total. The van der Waals surface area contributed by atoms with Crippen molar-refractivity contribution in [3.63, 3.8) is 0 Å². The lowest BCUT2D eigenvalue weighted by atomic mass is 9.46. The summed E-state index contributed by atoms with van der Waals surface area (Å²) in [6, 6.07) is 0. The molecule has 2 aliphatic rings. The second-order valence-electron chi connectivity index (χ2n) is 9.79. The van der Waals surface area contributed by atoms with Crippen molar-refractivity contribution in [1.82, 2.24) is 0 Å². The van der Waals surface area contributed by atoms with Crippen LogP contribution in [0.2, 0.25) is 0 Å². The van der Waals surface area contributed by atoms with Crippen LogP contribution in [0.3, 0.4) is 0 Å². The summed E-state index contributed by atoms with van der Waals surface area (Å²) in [7, 11) is -2.62. The summed E-state index contributed by atoms with van der Waals surface area (Å²) >= 11 is 0. The minimum Gasteiger partial charge on any atom is -0.352 e. The third-order valence-corrected chi connectivity index (χ3v) is 8.98. The summed E-state index contributed by atoms with van der Waals surface area (Å²) in [6.45, 7) is 12.9. The maximum absolute atomic E-state index is 9.41. The van der Waals surface area contributed by atoms with E-state index in [1.807, 2.05) is 0 Å². The van der Waals surface area contributed by atoms with Gasteiger partial charge < -0.3 is 14.3 Å². The van der Waals surface area contributed by atoms with Crippen LogP contribution in [0.4, 0.5) is 0 Å². The Labute approximate surface area is 163 Å². The third kappa shape index (κ3) is 5.62. The van der Waals surface area contributed by atoms with Crippen molar-refractivity contribution in [1.29, 1.82) is 0 Å². The van der Waals surface area contributed by atoms with Gasteiger partial charge in [-0.25, -0.2) is 0 Å². The number of rotatable bonds is 9. The lowest BCUT2D eigenvalue weighted by Gasteiger charge is -2.59. The highest BCUT2D eigenvalue weighted by Crippen LogP contribution is 2.62. The zero-order valence-corrected chi connectivity index (χ0v) is 19.2. The molecular formula is C20H40O4P2. The Balaban J connectivity index is 1.86. The highest BCUT2D eigenvalue weighted by Gasteiger charge is 2.53. The van der Waals surface area contributed by atoms with E-state index in [1.54, 1.807) is 0 Å². The molecule has 0 radical (unpaired) electrons. The first-order chi connectivity index (χ1) is 12.2. The molecule has 0 aromatic carbocycles. The van der Waals surface area contributed by atoms with Gasteiger partial charge >= 0.3 is 8.60 Å². The van der Waals surface area contributed by atoms with Crippen LogP contribution in [0, 0.1) is 34.5 Å². The SMILES string of the molecule is CC(CCOP(O)OPO)CCC1C(C)CCC2C(C)(C)CCCC12C. The molecule has 2 aliphatic carbocycles. The summed E-state index contributed by atoms with van der Waals surface area (Å²) < 4.78 is 9.91. The molecule has 0 heterocycles. The smallest absolute Gasteiger partial charge is 0.335 e. The Morgan fingerprint density at radius 2 is 1.92 bits per heavy atom. The first-order valence-corrected chi connectivity index (χ1v) is 12.4. The van der Waals surface area contributed by atoms with Gasteiger partial charge in [-0.2, -0.15) is 0 Å². The van der Waals surface area contributed by atoms with E-state index in [-0.39, 0.29) is 0 Å². The van der Waals surface area contributed by atoms with E-state index < -0.39 is 17.6 Å². The highest BCUT2D eigenvalue weighted by molar-refractivity contribution is 7.48. The van der Waals surface area contributed by atoms with E-state index in [0.29, 0.717) is 23.4 Å². The second kappa shape index (κ2) is 9.95. The zero-order chi connectivity index (χ0) is 19.4. The average Bonchev–Trinajstić information content (AvgIpc) is 2.53. The van der Waals surface area contributed by atoms with E-state index in [0.717, 1.165) is 24.2 Å². The van der Waals surface area contributed by atoms with Gasteiger partial charge in [-0.05, 0) is 66.6 Å². The van der Waals surface area contributed by atoms with Crippen LogP contribution in [-0.2, 0) is 8.83 Å². The molecule has 2 fully saturated rings. The van der Waals surface area contributed by atoms with Gasteiger partial charge in [0.1, 0.15) is 0 Å². The molecule has 6 heteroatoms. The van der Waals surface area contributed by atoms with Gasteiger partial charge in [0.25, 0.3) is 0 Å². The van der Waals surface area contributed by atoms with Gasteiger partial charge in [-0.1, -0.05) is 53.9 Å². The number of hydrogen-bond acceptors (Lipinski definition) is 4. The number of fused-ring (bicyclic) bond motifs is 1. The molecular weight excluding hydrogens is 366 g/mol. The topological polar surface area (TPSA) is 58.9 Å². The van der Waals surface area contributed by atoms with E-state index in [1.165, 1.54) is 44.9 Å². The standard InChI is InChI=1S/C20H40O4P2/c1-15(11-14-23-26(22)24-25-21)7-9-17-16(2)8-10-18-19(3,4)12-6-13-20(17,18)5/h15-18,21-22,25H,6-14H2,1-5H3. The van der Waals surface area contributed by atoms with E-state index >= 15 is 0 Å². The van der Waals surface area contributed by atoms with Crippen LogP contribution in [-0.4, -0.2) is 16.4 Å². The maximum atomic E-state index is 9.41. The van der Waals surface area contributed by atoms with Crippen LogP contribution >= 0.6 is 17.6 Å². The summed E-state index contributed by atoms with van der Waals surface area (Å²) in [5, 5.41) is 0. The fraction of sp³-hybridized carbons (Fsp3) is 1.00. The predicted octanol–water partition coefficient (Wildman–Crippen LogP) is 6.42. The number of hydrogen-bond donors (Lipinski definition) is 2. The van der Waals surface area contributed by atoms with Crippen LogP contribution in [0.25, 0.3) is 0 Å². The molecule has 0 aromatic rings. The van der Waals surface area contributed by atoms with Crippen molar-refractivity contribution in [2.75, 3.05) is 6.61 Å². The minimum atomic E-state index is -1.91. The van der Waals surface area contributed by atoms with Crippen LogP contribution in [0.1, 0.15) is 86.0 Å². The first kappa shape index (κ1) is 23.0. The molecule has 0 bridgehead atoms. The van der Waals surface area contributed by atoms with Gasteiger partial charge in [0.2, 0.25) is 0 Å². The molecule has 154 valence electrons. The minimum absolute atomic E-state index is 0.497.